The molecule has 222 valence electrons. The number of carbonyl (C=O) groups excluding carboxylic acids is 2. The van der Waals surface area contributed by atoms with Crippen molar-refractivity contribution in [2.45, 2.75) is 6.42 Å². The average Bonchev–Trinajstić information content (AvgIpc) is 2.96. The van der Waals surface area contributed by atoms with Crippen LogP contribution in [0.3, 0.4) is 0 Å². The lowest BCUT2D eigenvalue weighted by molar-refractivity contribution is -0.385. The Labute approximate surface area is 247 Å². The third kappa shape index (κ3) is 8.15. The number of hydrogen-bond acceptors (Lipinski definition) is 8. The predicted molar refractivity (Wildman–Crippen MR) is 162 cm³/mol. The fourth-order valence-electron chi connectivity index (χ4n) is 4.42. The van der Waals surface area contributed by atoms with Gasteiger partial charge in [-0.05, 0) is 75.6 Å². The highest BCUT2D eigenvalue weighted by atomic mass is 35.5. The van der Waals surface area contributed by atoms with Crippen molar-refractivity contribution in [1.29, 1.82) is 0 Å². The van der Waals surface area contributed by atoms with Crippen LogP contribution in [0.4, 0.5) is 32.8 Å². The second kappa shape index (κ2) is 14.1. The number of carbonyl (C=O) groups is 2. The minimum atomic E-state index is -0.765. The van der Waals surface area contributed by atoms with Crippen LogP contribution in [0.2, 0.25) is 5.02 Å². The van der Waals surface area contributed by atoms with Gasteiger partial charge in [0.1, 0.15) is 11.4 Å². The van der Waals surface area contributed by atoms with Crippen molar-refractivity contribution < 1.29 is 23.6 Å². The summed E-state index contributed by atoms with van der Waals surface area (Å²) in [5.74, 6) is -1.83. The first kappa shape index (κ1) is 30.7. The van der Waals surface area contributed by atoms with E-state index in [2.05, 4.69) is 16.0 Å². The Kier molecular flexibility index (Phi) is 10.3. The van der Waals surface area contributed by atoms with E-state index in [9.17, 15) is 24.1 Å². The van der Waals surface area contributed by atoms with Gasteiger partial charge in [0, 0.05) is 48.3 Å². The molecule has 1 fully saturated rings. The monoisotopic (exact) mass is 598 g/mol. The molecular formula is C29H32ClFN6O5. The van der Waals surface area contributed by atoms with E-state index < -0.39 is 22.6 Å². The first-order chi connectivity index (χ1) is 20.1. The van der Waals surface area contributed by atoms with Gasteiger partial charge in [0.05, 0.1) is 28.8 Å². The van der Waals surface area contributed by atoms with Crippen LogP contribution in [-0.2, 0) is 4.74 Å². The lowest BCUT2D eigenvalue weighted by Gasteiger charge is -2.29. The topological polar surface area (TPSA) is 129 Å². The van der Waals surface area contributed by atoms with E-state index in [1.165, 1.54) is 42.5 Å². The molecule has 1 aliphatic heterocycles. The van der Waals surface area contributed by atoms with Gasteiger partial charge < -0.3 is 30.5 Å². The highest BCUT2D eigenvalue weighted by molar-refractivity contribution is 6.34. The summed E-state index contributed by atoms with van der Waals surface area (Å²) in [7, 11) is 3.92. The van der Waals surface area contributed by atoms with E-state index in [4.69, 9.17) is 16.3 Å². The van der Waals surface area contributed by atoms with Gasteiger partial charge in [-0.25, -0.2) is 4.39 Å². The zero-order chi connectivity index (χ0) is 30.2. The Balaban J connectivity index is 1.50. The number of nitrogens with one attached hydrogen (secondary N) is 3. The summed E-state index contributed by atoms with van der Waals surface area (Å²) in [4.78, 5) is 41.3. The minimum absolute atomic E-state index is 0.0845. The summed E-state index contributed by atoms with van der Waals surface area (Å²) in [6.45, 7) is 3.72. The van der Waals surface area contributed by atoms with Crippen molar-refractivity contribution in [2.24, 2.45) is 0 Å². The van der Waals surface area contributed by atoms with E-state index in [-0.39, 0.29) is 33.2 Å². The molecule has 0 spiro atoms. The quantitative estimate of drug-likeness (QED) is 0.158. The molecule has 0 bridgehead atoms. The zero-order valence-corrected chi connectivity index (χ0v) is 24.0. The third-order valence-corrected chi connectivity index (χ3v) is 6.87. The Hall–Kier alpha value is -4.26. The van der Waals surface area contributed by atoms with Crippen LogP contribution >= 0.6 is 11.6 Å². The molecule has 0 atom stereocenters. The van der Waals surface area contributed by atoms with Gasteiger partial charge >= 0.3 is 0 Å². The smallest absolute Gasteiger partial charge is 0.282 e. The lowest BCUT2D eigenvalue weighted by atomic mass is 10.1. The maximum atomic E-state index is 14.4. The number of halogens is 2. The SMILES string of the molecule is CN(C)CCCNc1ccc([N+](=O)[O-])c(C(=O)Nc2cc(C(=O)Nc3cc(F)cc(N4CCOCC4)c3)ccc2Cl)c1. The van der Waals surface area contributed by atoms with Crippen molar-refractivity contribution >= 4 is 51.9 Å². The number of amides is 2. The van der Waals surface area contributed by atoms with Gasteiger partial charge in [0.15, 0.2) is 0 Å². The number of nitrogens with zero attached hydrogens (tertiary/aromatic N) is 3. The second-order valence-electron chi connectivity index (χ2n) is 9.97. The maximum Gasteiger partial charge on any atom is 0.282 e. The van der Waals surface area contributed by atoms with Gasteiger partial charge in [-0.15, -0.1) is 0 Å². The van der Waals surface area contributed by atoms with Gasteiger partial charge in [0.2, 0.25) is 0 Å². The van der Waals surface area contributed by atoms with Crippen LogP contribution in [0.5, 0.6) is 0 Å². The lowest BCUT2D eigenvalue weighted by Crippen LogP contribution is -2.36. The van der Waals surface area contributed by atoms with Crippen molar-refractivity contribution in [2.75, 3.05) is 74.3 Å². The number of anilines is 4. The molecule has 0 radical (unpaired) electrons. The van der Waals surface area contributed by atoms with Crippen molar-refractivity contribution in [3.8, 4) is 0 Å². The molecular weight excluding hydrogens is 567 g/mol. The fourth-order valence-corrected chi connectivity index (χ4v) is 4.59. The van der Waals surface area contributed by atoms with E-state index in [1.807, 2.05) is 23.9 Å². The largest absolute Gasteiger partial charge is 0.385 e. The highest BCUT2D eigenvalue weighted by Gasteiger charge is 2.22. The van der Waals surface area contributed by atoms with Crippen molar-refractivity contribution in [1.82, 2.24) is 4.90 Å². The number of benzene rings is 3. The average molecular weight is 599 g/mol. The molecule has 2 amide bonds. The molecule has 3 aromatic rings. The van der Waals surface area contributed by atoms with Gasteiger partial charge in [-0.2, -0.15) is 0 Å². The molecule has 3 aromatic carbocycles. The highest BCUT2D eigenvalue weighted by Crippen LogP contribution is 2.28. The van der Waals surface area contributed by atoms with Crippen LogP contribution in [0.1, 0.15) is 27.1 Å². The van der Waals surface area contributed by atoms with Crippen LogP contribution in [0, 0.1) is 15.9 Å². The summed E-state index contributed by atoms with van der Waals surface area (Å²) in [5.41, 5.74) is 1.10. The molecule has 4 rings (SSSR count). The van der Waals surface area contributed by atoms with E-state index in [0.717, 1.165) is 13.0 Å². The number of rotatable bonds is 11. The number of nitro benzene ring substituents is 1. The number of morpholine rings is 1. The summed E-state index contributed by atoms with van der Waals surface area (Å²) >= 11 is 6.30. The van der Waals surface area contributed by atoms with Crippen molar-refractivity contribution in [3.05, 3.63) is 86.7 Å². The first-order valence-electron chi connectivity index (χ1n) is 13.3. The Morgan fingerprint density at radius 1 is 1.02 bits per heavy atom. The molecule has 0 aliphatic carbocycles. The molecule has 1 heterocycles. The van der Waals surface area contributed by atoms with E-state index in [0.29, 0.717) is 44.2 Å². The number of ether oxygens (including phenoxy) is 1. The molecule has 0 unspecified atom stereocenters. The summed E-state index contributed by atoms with van der Waals surface area (Å²) in [6.07, 6.45) is 0.833. The Morgan fingerprint density at radius 3 is 2.50 bits per heavy atom. The Bertz CT molecular complexity index is 1460. The van der Waals surface area contributed by atoms with Crippen LogP contribution < -0.4 is 20.9 Å². The molecule has 13 heteroatoms. The normalized spacial score (nSPS) is 13.1. The van der Waals surface area contributed by atoms with Crippen molar-refractivity contribution in [3.63, 3.8) is 0 Å². The van der Waals surface area contributed by atoms with Crippen LogP contribution in [-0.4, -0.2) is 75.1 Å². The van der Waals surface area contributed by atoms with Crippen LogP contribution in [0.15, 0.2) is 54.6 Å². The molecule has 1 aliphatic rings. The maximum absolute atomic E-state index is 14.4. The van der Waals surface area contributed by atoms with Gasteiger partial charge in [0.25, 0.3) is 17.5 Å². The number of nitro groups is 1. The van der Waals surface area contributed by atoms with E-state index in [1.54, 1.807) is 12.1 Å². The summed E-state index contributed by atoms with van der Waals surface area (Å²) in [5, 5.41) is 20.2. The van der Waals surface area contributed by atoms with Crippen LogP contribution in [0.25, 0.3) is 0 Å². The third-order valence-electron chi connectivity index (χ3n) is 6.54. The Morgan fingerprint density at radius 2 is 1.79 bits per heavy atom. The molecule has 0 aromatic heterocycles. The fraction of sp³-hybridized carbons (Fsp3) is 0.310. The molecule has 0 saturated carbocycles. The zero-order valence-electron chi connectivity index (χ0n) is 23.3. The standard InChI is InChI=1S/C29H32ClFN6O5/c1-35(2)9-3-8-32-21-5-7-27(37(40)41)24(18-21)29(39)34-26-14-19(4-6-25(26)30)28(38)33-22-15-20(31)16-23(17-22)36-10-12-42-13-11-36/h4-7,14-18,32H,3,8-13H2,1-2H3,(H,33,38)(H,34,39). The second-order valence-corrected chi connectivity index (χ2v) is 10.4. The first-order valence-corrected chi connectivity index (χ1v) is 13.7. The summed E-state index contributed by atoms with van der Waals surface area (Å²) in [6, 6.07) is 12.7. The van der Waals surface area contributed by atoms with E-state index >= 15 is 0 Å². The molecule has 11 nitrogen and oxygen atoms in total. The van der Waals surface area contributed by atoms with Gasteiger partial charge in [-0.3, -0.25) is 19.7 Å². The molecule has 42 heavy (non-hydrogen) atoms. The number of hydrogen-bond donors (Lipinski definition) is 3. The summed E-state index contributed by atoms with van der Waals surface area (Å²) < 4.78 is 19.7. The molecule has 3 N–H and O–H groups in total. The minimum Gasteiger partial charge on any atom is -0.385 e. The predicted octanol–water partition coefficient (Wildman–Crippen LogP) is 5.09. The van der Waals surface area contributed by atoms with Gasteiger partial charge in [-0.1, -0.05) is 11.6 Å². The molecule has 1 saturated heterocycles.